The van der Waals surface area contributed by atoms with Crippen molar-refractivity contribution in [2.24, 2.45) is 29.6 Å². The second-order valence-corrected chi connectivity index (χ2v) is 11.0. The third-order valence-electron chi connectivity index (χ3n) is 8.80. The van der Waals surface area contributed by atoms with Gasteiger partial charge in [-0.25, -0.2) is 0 Å². The lowest BCUT2D eigenvalue weighted by molar-refractivity contribution is -0.145. The Morgan fingerprint density at radius 1 is 0.795 bits per heavy atom. The summed E-state index contributed by atoms with van der Waals surface area (Å²) in [4.78, 5) is 78.2. The van der Waals surface area contributed by atoms with E-state index in [1.807, 2.05) is 6.08 Å². The van der Waals surface area contributed by atoms with E-state index in [0.717, 1.165) is 15.4 Å². The first-order valence-corrected chi connectivity index (χ1v) is 13.1. The quantitative estimate of drug-likeness (QED) is 0.345. The van der Waals surface area contributed by atoms with E-state index in [1.54, 1.807) is 26.0 Å². The lowest BCUT2D eigenvalue weighted by atomic mass is 9.57. The fourth-order valence-corrected chi connectivity index (χ4v) is 7.12. The predicted molar refractivity (Wildman–Crippen MR) is 133 cm³/mol. The molecule has 0 bridgehead atoms. The number of phenolic OH excluding ortho intramolecular Hbond substituents is 1. The van der Waals surface area contributed by atoms with E-state index in [1.165, 1.54) is 0 Å². The molecule has 2 saturated heterocycles. The Kier molecular flexibility index (Phi) is 6.56. The summed E-state index contributed by atoms with van der Waals surface area (Å²) < 4.78 is 0. The van der Waals surface area contributed by atoms with Gasteiger partial charge in [0.25, 0.3) is 0 Å². The first kappa shape index (κ1) is 26.6. The predicted octanol–water partition coefficient (Wildman–Crippen LogP) is 1.59. The molecule has 0 spiro atoms. The number of carboxylic acids is 2. The van der Waals surface area contributed by atoms with Gasteiger partial charge in [0.1, 0.15) is 5.75 Å². The van der Waals surface area contributed by atoms with Crippen molar-refractivity contribution in [3.8, 4) is 5.75 Å². The number of aryl methyl sites for hydroxylation is 2. The molecule has 0 aromatic heterocycles. The van der Waals surface area contributed by atoms with Crippen molar-refractivity contribution in [3.05, 3.63) is 40.5 Å². The highest BCUT2D eigenvalue weighted by atomic mass is 16.4. The summed E-state index contributed by atoms with van der Waals surface area (Å²) in [6.07, 6.45) is 1.53. The number of phenols is 1. The van der Waals surface area contributed by atoms with Crippen molar-refractivity contribution in [1.29, 1.82) is 0 Å². The number of benzene rings is 1. The number of carbonyl (C=O) groups excluding carboxylic acids is 4. The fourth-order valence-electron chi connectivity index (χ4n) is 7.12. The second-order valence-electron chi connectivity index (χ2n) is 11.0. The molecule has 3 fully saturated rings. The molecule has 1 aromatic rings. The van der Waals surface area contributed by atoms with Gasteiger partial charge in [-0.1, -0.05) is 23.8 Å². The molecule has 4 aliphatic rings. The van der Waals surface area contributed by atoms with Crippen LogP contribution >= 0.6 is 0 Å². The Balaban J connectivity index is 1.58. The maximum Gasteiger partial charge on any atom is 0.305 e. The molecule has 6 atom stereocenters. The van der Waals surface area contributed by atoms with Crippen LogP contribution in [0, 0.1) is 43.4 Å². The lowest BCUT2D eigenvalue weighted by Gasteiger charge is -2.44. The molecule has 2 aliphatic carbocycles. The summed E-state index contributed by atoms with van der Waals surface area (Å²) in [5.41, 5.74) is 2.66. The first-order valence-electron chi connectivity index (χ1n) is 13.1. The van der Waals surface area contributed by atoms with Crippen LogP contribution in [0.15, 0.2) is 23.8 Å². The number of carboxylic acid groups (broad SMARTS) is 2. The number of imide groups is 2. The molecular formula is C28H30N2O9. The van der Waals surface area contributed by atoms with Gasteiger partial charge in [-0.05, 0) is 49.3 Å². The number of carbonyl (C=O) groups is 6. The second kappa shape index (κ2) is 9.62. The van der Waals surface area contributed by atoms with Crippen LogP contribution in [0.25, 0.3) is 0 Å². The number of rotatable bonds is 7. The van der Waals surface area contributed by atoms with Crippen molar-refractivity contribution in [2.75, 3.05) is 13.1 Å². The monoisotopic (exact) mass is 538 g/mol. The summed E-state index contributed by atoms with van der Waals surface area (Å²) >= 11 is 0. The smallest absolute Gasteiger partial charge is 0.305 e. The van der Waals surface area contributed by atoms with E-state index < -0.39 is 71.1 Å². The first-order chi connectivity index (χ1) is 18.4. The van der Waals surface area contributed by atoms with Crippen LogP contribution in [0.1, 0.15) is 48.3 Å². The van der Waals surface area contributed by atoms with Crippen LogP contribution in [0.4, 0.5) is 0 Å². The number of hydrogen-bond donors (Lipinski definition) is 3. The van der Waals surface area contributed by atoms with Gasteiger partial charge in [0, 0.05) is 19.0 Å². The molecule has 206 valence electrons. The summed E-state index contributed by atoms with van der Waals surface area (Å²) in [7, 11) is 0. The van der Waals surface area contributed by atoms with Crippen LogP contribution in [0.3, 0.4) is 0 Å². The molecule has 6 unspecified atom stereocenters. The SMILES string of the molecule is Cc1cc(C2C3=CCC4C(=O)N(CCC(=O)O)C(=O)C4C3CC3C(=O)N(CCC(=O)O)C(=O)C32)cc(C)c1O. The zero-order chi connectivity index (χ0) is 28.3. The molecular weight excluding hydrogens is 508 g/mol. The summed E-state index contributed by atoms with van der Waals surface area (Å²) in [6, 6.07) is 3.52. The lowest BCUT2D eigenvalue weighted by Crippen LogP contribution is -2.43. The number of hydrogen-bond acceptors (Lipinski definition) is 7. The van der Waals surface area contributed by atoms with Crippen LogP contribution in [0.2, 0.25) is 0 Å². The third kappa shape index (κ3) is 4.20. The highest BCUT2D eigenvalue weighted by Gasteiger charge is 2.61. The molecule has 11 heteroatoms. The Labute approximate surface area is 224 Å². The normalized spacial score (nSPS) is 29.7. The van der Waals surface area contributed by atoms with Crippen molar-refractivity contribution in [3.63, 3.8) is 0 Å². The zero-order valence-corrected chi connectivity index (χ0v) is 21.6. The van der Waals surface area contributed by atoms with Gasteiger partial charge in [-0.3, -0.25) is 38.6 Å². The zero-order valence-electron chi connectivity index (χ0n) is 21.6. The van der Waals surface area contributed by atoms with E-state index in [-0.39, 0.29) is 44.5 Å². The number of likely N-dealkylation sites (tertiary alicyclic amines) is 2. The third-order valence-corrected chi connectivity index (χ3v) is 8.80. The van der Waals surface area contributed by atoms with E-state index in [4.69, 9.17) is 10.2 Å². The maximum absolute atomic E-state index is 13.7. The number of fused-ring (bicyclic) bond motifs is 4. The summed E-state index contributed by atoms with van der Waals surface area (Å²) in [5.74, 6) is -8.15. The Morgan fingerprint density at radius 2 is 1.31 bits per heavy atom. The maximum atomic E-state index is 13.7. The molecule has 39 heavy (non-hydrogen) atoms. The molecule has 0 radical (unpaired) electrons. The van der Waals surface area contributed by atoms with Crippen LogP contribution in [0.5, 0.6) is 5.75 Å². The largest absolute Gasteiger partial charge is 0.507 e. The average Bonchev–Trinajstić information content (AvgIpc) is 3.26. The molecule has 1 aromatic carbocycles. The van der Waals surface area contributed by atoms with Crippen molar-refractivity contribution >= 4 is 35.6 Å². The molecule has 2 aliphatic heterocycles. The number of nitrogens with zero attached hydrogens (tertiary/aromatic N) is 2. The van der Waals surface area contributed by atoms with Gasteiger partial charge in [0.2, 0.25) is 23.6 Å². The fraction of sp³-hybridized carbons (Fsp3) is 0.500. The minimum absolute atomic E-state index is 0.114. The van der Waals surface area contributed by atoms with Crippen LogP contribution in [-0.4, -0.2) is 73.8 Å². The Morgan fingerprint density at radius 3 is 1.85 bits per heavy atom. The molecule has 3 N–H and O–H groups in total. The van der Waals surface area contributed by atoms with E-state index in [9.17, 15) is 33.9 Å². The van der Waals surface area contributed by atoms with Crippen molar-refractivity contribution < 1.29 is 44.1 Å². The molecule has 4 amide bonds. The number of aliphatic carboxylic acids is 2. The Hall–Kier alpha value is -4.02. The van der Waals surface area contributed by atoms with Gasteiger partial charge in [-0.15, -0.1) is 0 Å². The minimum Gasteiger partial charge on any atom is -0.507 e. The molecule has 5 rings (SSSR count). The Bertz CT molecular complexity index is 1330. The standard InChI is InChI=1S/C28H30N2O9/c1-12-9-14(10-13(2)24(12)35)21-15-3-4-16-22(27(38)29(25(16)36)7-5-19(31)32)17(15)11-18-23(21)28(39)30(26(18)37)8-6-20(33)34/h3,9-10,16-18,21-23,35H,4-8,11H2,1-2H3,(H,31,32)(H,33,34). The van der Waals surface area contributed by atoms with Gasteiger partial charge in [-0.2, -0.15) is 0 Å². The molecule has 11 nitrogen and oxygen atoms in total. The highest BCUT2D eigenvalue weighted by molar-refractivity contribution is 6.08. The number of aromatic hydroxyl groups is 1. The highest BCUT2D eigenvalue weighted by Crippen LogP contribution is 2.58. The minimum atomic E-state index is -1.14. The van der Waals surface area contributed by atoms with Crippen molar-refractivity contribution in [1.82, 2.24) is 9.80 Å². The van der Waals surface area contributed by atoms with E-state index >= 15 is 0 Å². The van der Waals surface area contributed by atoms with Crippen LogP contribution < -0.4 is 0 Å². The molecule has 1 saturated carbocycles. The summed E-state index contributed by atoms with van der Waals surface area (Å²) in [5, 5.41) is 28.6. The number of amides is 4. The number of allylic oxidation sites excluding steroid dienone is 2. The molecule has 2 heterocycles. The van der Waals surface area contributed by atoms with Gasteiger partial charge >= 0.3 is 11.9 Å². The van der Waals surface area contributed by atoms with Gasteiger partial charge < -0.3 is 15.3 Å². The topological polar surface area (TPSA) is 170 Å². The summed E-state index contributed by atoms with van der Waals surface area (Å²) in [6.45, 7) is 2.98. The van der Waals surface area contributed by atoms with E-state index in [0.29, 0.717) is 16.7 Å². The van der Waals surface area contributed by atoms with Crippen LogP contribution in [-0.2, 0) is 28.8 Å². The van der Waals surface area contributed by atoms with Gasteiger partial charge in [0.15, 0.2) is 0 Å². The van der Waals surface area contributed by atoms with Gasteiger partial charge in [0.05, 0.1) is 36.5 Å². The van der Waals surface area contributed by atoms with E-state index in [2.05, 4.69) is 0 Å². The van der Waals surface area contributed by atoms with Crippen molar-refractivity contribution in [2.45, 2.75) is 45.4 Å². The average molecular weight is 539 g/mol.